The van der Waals surface area contributed by atoms with E-state index in [1.807, 2.05) is 20.8 Å². The maximum absolute atomic E-state index is 9.02. The highest BCUT2D eigenvalue weighted by Gasteiger charge is 2.05. The molecule has 0 saturated carbocycles. The van der Waals surface area contributed by atoms with Crippen LogP contribution in [0.5, 0.6) is 0 Å². The second-order valence-electron chi connectivity index (χ2n) is 2.29. The van der Waals surface area contributed by atoms with Gasteiger partial charge in [0.2, 0.25) is 0 Å². The van der Waals surface area contributed by atoms with Crippen LogP contribution in [-0.4, -0.2) is 23.8 Å². The van der Waals surface area contributed by atoms with Crippen LogP contribution < -0.4 is 11.5 Å². The van der Waals surface area contributed by atoms with Gasteiger partial charge >= 0.3 is 0 Å². The monoisotopic (exact) mass is 162 g/mol. The Bertz CT molecular complexity index is 61.1. The van der Waals surface area contributed by atoms with Crippen molar-refractivity contribution in [1.29, 1.82) is 0 Å². The first kappa shape index (κ1) is 13.5. The third-order valence-corrected chi connectivity index (χ3v) is 1.35. The molecule has 2 atom stereocenters. The van der Waals surface area contributed by atoms with Crippen LogP contribution in [0.2, 0.25) is 0 Å². The van der Waals surface area contributed by atoms with Crippen LogP contribution in [0.3, 0.4) is 0 Å². The molecule has 0 bridgehead atoms. The molecule has 0 aromatic heterocycles. The molecule has 11 heavy (non-hydrogen) atoms. The molecule has 0 amide bonds. The van der Waals surface area contributed by atoms with Crippen molar-refractivity contribution in [2.24, 2.45) is 11.5 Å². The minimum Gasteiger partial charge on any atom is -0.393 e. The number of aliphatic hydroxyl groups is 1. The fourth-order valence-corrected chi connectivity index (χ4v) is 0.612. The third kappa shape index (κ3) is 9.88. The molecular formula is C8H22N2O. The van der Waals surface area contributed by atoms with Gasteiger partial charge in [0.25, 0.3) is 0 Å². The van der Waals surface area contributed by atoms with Crippen LogP contribution in [0, 0.1) is 0 Å². The van der Waals surface area contributed by atoms with Crippen molar-refractivity contribution in [1.82, 2.24) is 0 Å². The highest BCUT2D eigenvalue weighted by molar-refractivity contribution is 4.66. The molecule has 0 spiro atoms. The molecule has 70 valence electrons. The van der Waals surface area contributed by atoms with Crippen molar-refractivity contribution in [3.63, 3.8) is 0 Å². The van der Waals surface area contributed by atoms with Crippen LogP contribution in [-0.2, 0) is 0 Å². The summed E-state index contributed by atoms with van der Waals surface area (Å²) in [5.74, 6) is 0. The lowest BCUT2D eigenvalue weighted by molar-refractivity contribution is 0.152. The van der Waals surface area contributed by atoms with Gasteiger partial charge in [-0.25, -0.2) is 0 Å². The van der Waals surface area contributed by atoms with E-state index in [9.17, 15) is 0 Å². The van der Waals surface area contributed by atoms with Gasteiger partial charge in [0.05, 0.1) is 6.10 Å². The summed E-state index contributed by atoms with van der Waals surface area (Å²) in [5, 5.41) is 9.02. The van der Waals surface area contributed by atoms with Crippen molar-refractivity contribution in [2.75, 3.05) is 6.54 Å². The maximum atomic E-state index is 9.02. The lowest BCUT2D eigenvalue weighted by Gasteiger charge is -2.11. The predicted octanol–water partition coefficient (Wildman–Crippen LogP) is 0.460. The summed E-state index contributed by atoms with van der Waals surface area (Å²) < 4.78 is 0. The van der Waals surface area contributed by atoms with Crippen molar-refractivity contribution in [3.8, 4) is 0 Å². The van der Waals surface area contributed by atoms with E-state index in [-0.39, 0.29) is 12.1 Å². The maximum Gasteiger partial charge on any atom is 0.0552 e. The molecule has 0 aliphatic rings. The predicted molar refractivity (Wildman–Crippen MR) is 49.3 cm³/mol. The molecule has 0 radical (unpaired) electrons. The van der Waals surface area contributed by atoms with Crippen LogP contribution in [0.25, 0.3) is 0 Å². The SMILES string of the molecule is CC.CCC(O)CC(N)CN. The van der Waals surface area contributed by atoms with E-state index in [1.54, 1.807) is 0 Å². The van der Waals surface area contributed by atoms with Gasteiger partial charge in [-0.2, -0.15) is 0 Å². The molecule has 0 fully saturated rings. The molecule has 3 nitrogen and oxygen atoms in total. The molecule has 2 unspecified atom stereocenters. The van der Waals surface area contributed by atoms with Crippen LogP contribution in [0.1, 0.15) is 33.6 Å². The smallest absolute Gasteiger partial charge is 0.0552 e. The largest absolute Gasteiger partial charge is 0.393 e. The average Bonchev–Trinajstić information content (AvgIpc) is 2.07. The fourth-order valence-electron chi connectivity index (χ4n) is 0.612. The third-order valence-electron chi connectivity index (χ3n) is 1.35. The van der Waals surface area contributed by atoms with Gasteiger partial charge < -0.3 is 16.6 Å². The van der Waals surface area contributed by atoms with Crippen LogP contribution in [0.15, 0.2) is 0 Å². The van der Waals surface area contributed by atoms with Gasteiger partial charge in [0.1, 0.15) is 0 Å². The number of hydrogen-bond donors (Lipinski definition) is 3. The molecule has 0 aromatic rings. The van der Waals surface area contributed by atoms with E-state index in [0.29, 0.717) is 13.0 Å². The number of aliphatic hydroxyl groups excluding tert-OH is 1. The van der Waals surface area contributed by atoms with Crippen molar-refractivity contribution in [3.05, 3.63) is 0 Å². The van der Waals surface area contributed by atoms with Gasteiger partial charge in [-0.3, -0.25) is 0 Å². The Balaban J connectivity index is 0. The molecule has 0 rings (SSSR count). The Morgan fingerprint density at radius 3 is 2.09 bits per heavy atom. The second kappa shape index (κ2) is 9.88. The molecule has 0 heterocycles. The standard InChI is InChI=1S/C6H16N2O.C2H6/c1-2-6(9)3-5(8)4-7;1-2/h5-6,9H,2-4,7-8H2,1H3;1-2H3. The van der Waals surface area contributed by atoms with E-state index in [4.69, 9.17) is 16.6 Å². The highest BCUT2D eigenvalue weighted by Crippen LogP contribution is 1.97. The number of nitrogens with two attached hydrogens (primary N) is 2. The van der Waals surface area contributed by atoms with Gasteiger partial charge in [-0.15, -0.1) is 0 Å². The van der Waals surface area contributed by atoms with E-state index in [2.05, 4.69) is 0 Å². The minimum absolute atomic E-state index is 0.0417. The summed E-state index contributed by atoms with van der Waals surface area (Å²) in [7, 11) is 0. The zero-order valence-electron chi connectivity index (χ0n) is 7.88. The summed E-state index contributed by atoms with van der Waals surface area (Å²) in [6.45, 7) is 6.38. The van der Waals surface area contributed by atoms with E-state index in [1.165, 1.54) is 0 Å². The zero-order chi connectivity index (χ0) is 9.28. The molecule has 0 saturated heterocycles. The Hall–Kier alpha value is -0.120. The molecule has 0 aliphatic heterocycles. The van der Waals surface area contributed by atoms with Gasteiger partial charge in [-0.1, -0.05) is 20.8 Å². The van der Waals surface area contributed by atoms with E-state index in [0.717, 1.165) is 6.42 Å². The molecular weight excluding hydrogens is 140 g/mol. The summed E-state index contributed by atoms with van der Waals surface area (Å²) in [6, 6.07) is -0.0417. The Morgan fingerprint density at radius 2 is 1.82 bits per heavy atom. The zero-order valence-corrected chi connectivity index (χ0v) is 7.88. The lowest BCUT2D eigenvalue weighted by Crippen LogP contribution is -2.33. The van der Waals surface area contributed by atoms with E-state index < -0.39 is 0 Å². The quantitative estimate of drug-likeness (QED) is 0.562. The Labute approximate surface area is 69.8 Å². The van der Waals surface area contributed by atoms with Gasteiger partial charge in [-0.05, 0) is 12.8 Å². The topological polar surface area (TPSA) is 72.3 Å². The van der Waals surface area contributed by atoms with E-state index >= 15 is 0 Å². The molecule has 0 aromatic carbocycles. The summed E-state index contributed by atoms with van der Waals surface area (Å²) in [6.07, 6.45) is 1.10. The van der Waals surface area contributed by atoms with Crippen molar-refractivity contribution >= 4 is 0 Å². The minimum atomic E-state index is -0.274. The molecule has 3 heteroatoms. The summed E-state index contributed by atoms with van der Waals surface area (Å²) >= 11 is 0. The summed E-state index contributed by atoms with van der Waals surface area (Å²) in [5.41, 5.74) is 10.7. The first-order valence-electron chi connectivity index (χ1n) is 4.34. The highest BCUT2D eigenvalue weighted by atomic mass is 16.3. The van der Waals surface area contributed by atoms with Gasteiger partial charge in [0, 0.05) is 12.6 Å². The first-order chi connectivity index (χ1) is 5.20. The van der Waals surface area contributed by atoms with Crippen LogP contribution in [0.4, 0.5) is 0 Å². The lowest BCUT2D eigenvalue weighted by atomic mass is 10.1. The second-order valence-corrected chi connectivity index (χ2v) is 2.29. The molecule has 0 aliphatic carbocycles. The normalized spacial score (nSPS) is 14.7. The number of hydrogen-bond acceptors (Lipinski definition) is 3. The Morgan fingerprint density at radius 1 is 1.36 bits per heavy atom. The average molecular weight is 162 g/mol. The van der Waals surface area contributed by atoms with Crippen molar-refractivity contribution < 1.29 is 5.11 Å². The first-order valence-corrected chi connectivity index (χ1v) is 4.34. The van der Waals surface area contributed by atoms with Gasteiger partial charge in [0.15, 0.2) is 0 Å². The number of rotatable bonds is 4. The summed E-state index contributed by atoms with van der Waals surface area (Å²) in [4.78, 5) is 0. The fraction of sp³-hybridized carbons (Fsp3) is 1.00. The van der Waals surface area contributed by atoms with Crippen molar-refractivity contribution in [2.45, 2.75) is 45.8 Å². The Kier molecular flexibility index (Phi) is 12.1. The van der Waals surface area contributed by atoms with Crippen LogP contribution >= 0.6 is 0 Å². The molecule has 5 N–H and O–H groups in total.